The molecule has 6 heteroatoms. The quantitative estimate of drug-likeness (QED) is 0.775. The van der Waals surface area contributed by atoms with Gasteiger partial charge < -0.3 is 14.6 Å². The molecule has 1 atom stereocenters. The lowest BCUT2D eigenvalue weighted by Crippen LogP contribution is -2.48. The van der Waals surface area contributed by atoms with Crippen molar-refractivity contribution in [2.24, 2.45) is 0 Å². The van der Waals surface area contributed by atoms with Crippen molar-refractivity contribution in [1.82, 2.24) is 14.8 Å². The van der Waals surface area contributed by atoms with Crippen LogP contribution >= 0.6 is 0 Å². The number of aliphatic hydroxyl groups is 1. The van der Waals surface area contributed by atoms with Crippen LogP contribution in [-0.4, -0.2) is 72.4 Å². The minimum Gasteiger partial charge on any atom is -0.497 e. The number of hydrogen-bond donors (Lipinski definition) is 1. The van der Waals surface area contributed by atoms with E-state index in [0.29, 0.717) is 13.2 Å². The molecule has 1 N–H and O–H groups in total. The molecule has 3 rings (SSSR count). The van der Waals surface area contributed by atoms with E-state index in [0.717, 1.165) is 44.2 Å². The number of piperazine rings is 1. The van der Waals surface area contributed by atoms with Crippen molar-refractivity contribution in [1.29, 1.82) is 0 Å². The van der Waals surface area contributed by atoms with Crippen LogP contribution in [0, 0.1) is 0 Å². The van der Waals surface area contributed by atoms with Crippen LogP contribution in [0.1, 0.15) is 5.56 Å². The highest BCUT2D eigenvalue weighted by molar-refractivity contribution is 5.31. The molecule has 0 bridgehead atoms. The molecular formula is C20H27N3O3. The predicted octanol–water partition coefficient (Wildman–Crippen LogP) is 1.65. The summed E-state index contributed by atoms with van der Waals surface area (Å²) in [5.74, 6) is 1.54. The fourth-order valence-corrected chi connectivity index (χ4v) is 3.09. The Morgan fingerprint density at radius 1 is 1.04 bits per heavy atom. The van der Waals surface area contributed by atoms with E-state index in [1.807, 2.05) is 36.5 Å². The number of aromatic nitrogens is 1. The van der Waals surface area contributed by atoms with Gasteiger partial charge in [-0.25, -0.2) is 0 Å². The van der Waals surface area contributed by atoms with Gasteiger partial charge in [0.2, 0.25) is 0 Å². The molecule has 1 fully saturated rings. The molecule has 1 aromatic heterocycles. The maximum atomic E-state index is 10.3. The first kappa shape index (κ1) is 18.6. The van der Waals surface area contributed by atoms with Crippen LogP contribution in [0.25, 0.3) is 0 Å². The third kappa shape index (κ3) is 5.69. The van der Waals surface area contributed by atoms with Gasteiger partial charge in [0.1, 0.15) is 24.2 Å². The van der Waals surface area contributed by atoms with Gasteiger partial charge in [-0.1, -0.05) is 6.07 Å². The highest BCUT2D eigenvalue weighted by atomic mass is 16.5. The third-order valence-corrected chi connectivity index (χ3v) is 4.56. The number of β-amino-alcohol motifs (C(OH)–C–C–N with tert-alkyl or cyclic N) is 1. The Labute approximate surface area is 155 Å². The molecule has 2 aromatic rings. The second-order valence-electron chi connectivity index (χ2n) is 6.58. The summed E-state index contributed by atoms with van der Waals surface area (Å²) >= 11 is 0. The molecule has 26 heavy (non-hydrogen) atoms. The maximum Gasteiger partial charge on any atom is 0.119 e. The second-order valence-corrected chi connectivity index (χ2v) is 6.58. The molecule has 0 spiro atoms. The number of rotatable bonds is 8. The SMILES string of the molecule is COc1ccc(OCC(O)CN2CCN(Cc3cccnc3)CC2)cc1. The normalized spacial score (nSPS) is 17.0. The van der Waals surface area contributed by atoms with Gasteiger partial charge in [-0.2, -0.15) is 0 Å². The summed E-state index contributed by atoms with van der Waals surface area (Å²) in [5, 5.41) is 10.3. The average molecular weight is 357 g/mol. The van der Waals surface area contributed by atoms with Crippen molar-refractivity contribution in [2.45, 2.75) is 12.6 Å². The van der Waals surface area contributed by atoms with Gasteiger partial charge in [0, 0.05) is 51.7 Å². The first-order valence-electron chi connectivity index (χ1n) is 9.01. The lowest BCUT2D eigenvalue weighted by atomic mass is 10.2. The summed E-state index contributed by atoms with van der Waals surface area (Å²) in [6.07, 6.45) is 3.23. The van der Waals surface area contributed by atoms with Crippen molar-refractivity contribution in [3.8, 4) is 11.5 Å². The average Bonchev–Trinajstić information content (AvgIpc) is 2.69. The molecule has 0 aliphatic carbocycles. The zero-order valence-corrected chi connectivity index (χ0v) is 15.3. The second kappa shape index (κ2) is 9.52. The molecule has 0 saturated carbocycles. The highest BCUT2D eigenvalue weighted by Gasteiger charge is 2.19. The van der Waals surface area contributed by atoms with E-state index < -0.39 is 6.10 Å². The Morgan fingerprint density at radius 3 is 2.38 bits per heavy atom. The number of aliphatic hydroxyl groups excluding tert-OH is 1. The van der Waals surface area contributed by atoms with Crippen molar-refractivity contribution in [3.05, 3.63) is 54.4 Å². The van der Waals surface area contributed by atoms with Gasteiger partial charge in [-0.05, 0) is 35.9 Å². The monoisotopic (exact) mass is 357 g/mol. The molecule has 2 heterocycles. The molecule has 1 aromatic carbocycles. The molecule has 6 nitrogen and oxygen atoms in total. The Hall–Kier alpha value is -2.15. The van der Waals surface area contributed by atoms with Gasteiger partial charge >= 0.3 is 0 Å². The van der Waals surface area contributed by atoms with E-state index in [-0.39, 0.29) is 0 Å². The molecule has 1 aliphatic rings. The van der Waals surface area contributed by atoms with Crippen LogP contribution in [-0.2, 0) is 6.54 Å². The Bertz CT molecular complexity index is 643. The van der Waals surface area contributed by atoms with Gasteiger partial charge in [-0.3, -0.25) is 14.8 Å². The van der Waals surface area contributed by atoms with Crippen molar-refractivity contribution in [3.63, 3.8) is 0 Å². The first-order valence-corrected chi connectivity index (χ1v) is 9.01. The largest absolute Gasteiger partial charge is 0.497 e. The Balaban J connectivity index is 1.35. The predicted molar refractivity (Wildman–Crippen MR) is 100 cm³/mol. The molecule has 1 aliphatic heterocycles. The first-order chi connectivity index (χ1) is 12.7. The molecule has 0 radical (unpaired) electrons. The van der Waals surface area contributed by atoms with Gasteiger partial charge in [0.15, 0.2) is 0 Å². The molecule has 1 saturated heterocycles. The minimum absolute atomic E-state index is 0.294. The topological polar surface area (TPSA) is 58.1 Å². The number of benzene rings is 1. The number of nitrogens with zero attached hydrogens (tertiary/aromatic N) is 3. The number of ether oxygens (including phenoxy) is 2. The van der Waals surface area contributed by atoms with E-state index in [2.05, 4.69) is 20.9 Å². The van der Waals surface area contributed by atoms with E-state index >= 15 is 0 Å². The van der Waals surface area contributed by atoms with Gasteiger partial charge in [-0.15, -0.1) is 0 Å². The molecule has 0 amide bonds. The van der Waals surface area contributed by atoms with E-state index in [4.69, 9.17) is 9.47 Å². The lowest BCUT2D eigenvalue weighted by Gasteiger charge is -2.35. The lowest BCUT2D eigenvalue weighted by molar-refractivity contribution is 0.0446. The van der Waals surface area contributed by atoms with E-state index in [9.17, 15) is 5.11 Å². The Morgan fingerprint density at radius 2 is 1.73 bits per heavy atom. The third-order valence-electron chi connectivity index (χ3n) is 4.56. The molecular weight excluding hydrogens is 330 g/mol. The zero-order chi connectivity index (χ0) is 18.2. The van der Waals surface area contributed by atoms with Gasteiger partial charge in [0.25, 0.3) is 0 Å². The van der Waals surface area contributed by atoms with Crippen LogP contribution < -0.4 is 9.47 Å². The smallest absolute Gasteiger partial charge is 0.119 e. The molecule has 140 valence electrons. The standard InChI is InChI=1S/C20H27N3O3/c1-25-19-4-6-20(7-5-19)26-16-18(24)15-23-11-9-22(10-12-23)14-17-3-2-8-21-13-17/h2-8,13,18,24H,9-12,14-16H2,1H3. The zero-order valence-electron chi connectivity index (χ0n) is 15.3. The minimum atomic E-state index is -0.498. The summed E-state index contributed by atoms with van der Waals surface area (Å²) < 4.78 is 10.8. The number of pyridine rings is 1. The van der Waals surface area contributed by atoms with Crippen LogP contribution in [0.4, 0.5) is 0 Å². The van der Waals surface area contributed by atoms with Crippen LogP contribution in [0.5, 0.6) is 11.5 Å². The summed E-state index contributed by atoms with van der Waals surface area (Å²) in [5.41, 5.74) is 1.24. The van der Waals surface area contributed by atoms with Crippen LogP contribution in [0.3, 0.4) is 0 Å². The van der Waals surface area contributed by atoms with Crippen LogP contribution in [0.15, 0.2) is 48.8 Å². The van der Waals surface area contributed by atoms with Crippen molar-refractivity contribution < 1.29 is 14.6 Å². The van der Waals surface area contributed by atoms with Crippen LogP contribution in [0.2, 0.25) is 0 Å². The van der Waals surface area contributed by atoms with E-state index in [1.54, 1.807) is 13.3 Å². The van der Waals surface area contributed by atoms with Gasteiger partial charge in [0.05, 0.1) is 7.11 Å². The van der Waals surface area contributed by atoms with E-state index in [1.165, 1.54) is 5.56 Å². The van der Waals surface area contributed by atoms with Crippen molar-refractivity contribution >= 4 is 0 Å². The summed E-state index contributed by atoms with van der Waals surface area (Å²) in [6.45, 7) is 5.78. The Kier molecular flexibility index (Phi) is 6.82. The fourth-order valence-electron chi connectivity index (χ4n) is 3.09. The maximum absolute atomic E-state index is 10.3. The summed E-state index contributed by atoms with van der Waals surface area (Å²) in [6, 6.07) is 11.5. The number of methoxy groups -OCH3 is 1. The van der Waals surface area contributed by atoms with Crippen molar-refractivity contribution in [2.75, 3.05) is 46.4 Å². The summed E-state index contributed by atoms with van der Waals surface area (Å²) in [7, 11) is 1.64. The molecule has 1 unspecified atom stereocenters. The fraction of sp³-hybridized carbons (Fsp3) is 0.450. The summed E-state index contributed by atoms with van der Waals surface area (Å²) in [4.78, 5) is 8.89. The number of hydrogen-bond acceptors (Lipinski definition) is 6. The highest BCUT2D eigenvalue weighted by Crippen LogP contribution is 2.17.